The molecule has 0 unspecified atom stereocenters. The van der Waals surface area contributed by atoms with Crippen LogP contribution in [0.1, 0.15) is 34.0 Å². The molecule has 0 spiro atoms. The van der Waals surface area contributed by atoms with Gasteiger partial charge >= 0.3 is 0 Å². The van der Waals surface area contributed by atoms with E-state index >= 15 is 0 Å². The fourth-order valence-electron chi connectivity index (χ4n) is 2.70. The molecule has 0 heterocycles. The quantitative estimate of drug-likeness (QED) is 0.333. The normalized spacial score (nSPS) is 10.7. The first-order chi connectivity index (χ1) is 14.5. The zero-order chi connectivity index (χ0) is 21.3. The topological polar surface area (TPSA) is 85.9 Å². The molecule has 6 heteroatoms. The summed E-state index contributed by atoms with van der Waals surface area (Å²) in [5.74, 6) is 0.966. The number of nitrogen functional groups attached to an aromatic ring is 1. The summed E-state index contributed by atoms with van der Waals surface area (Å²) in [6.45, 7) is 4.93. The molecule has 3 aromatic carbocycles. The molecule has 154 valence electrons. The van der Waals surface area contributed by atoms with Gasteiger partial charge in [-0.25, -0.2) is 5.43 Å². The van der Waals surface area contributed by atoms with E-state index in [2.05, 4.69) is 29.6 Å². The Kier molecular flexibility index (Phi) is 7.05. The fourth-order valence-corrected chi connectivity index (χ4v) is 2.70. The molecule has 0 fully saturated rings. The smallest absolute Gasteiger partial charge is 0.271 e. The third kappa shape index (κ3) is 5.85. The van der Waals surface area contributed by atoms with Gasteiger partial charge in [-0.05, 0) is 67.4 Å². The number of aryl methyl sites for hydroxylation is 1. The molecule has 6 nitrogen and oxygen atoms in total. The number of carbonyl (C=O) groups is 1. The van der Waals surface area contributed by atoms with Crippen molar-refractivity contribution in [2.75, 3.05) is 12.3 Å². The summed E-state index contributed by atoms with van der Waals surface area (Å²) >= 11 is 0. The van der Waals surface area contributed by atoms with Crippen molar-refractivity contribution >= 4 is 17.8 Å². The van der Waals surface area contributed by atoms with E-state index in [1.807, 2.05) is 37.3 Å². The molecular formula is C24H25N3O3. The van der Waals surface area contributed by atoms with Crippen LogP contribution in [0.25, 0.3) is 0 Å². The van der Waals surface area contributed by atoms with Crippen LogP contribution in [0.3, 0.4) is 0 Å². The van der Waals surface area contributed by atoms with E-state index in [0.29, 0.717) is 36.0 Å². The monoisotopic (exact) mass is 403 g/mol. The minimum Gasteiger partial charge on any atom is -0.490 e. The van der Waals surface area contributed by atoms with Crippen molar-refractivity contribution in [3.05, 3.63) is 89.0 Å². The number of amides is 1. The lowest BCUT2D eigenvalue weighted by Gasteiger charge is -2.12. The number of hydrogen-bond acceptors (Lipinski definition) is 5. The second-order valence-electron chi connectivity index (χ2n) is 6.73. The fraction of sp³-hybridized carbons (Fsp3) is 0.167. The Morgan fingerprint density at radius 2 is 1.73 bits per heavy atom. The summed E-state index contributed by atoms with van der Waals surface area (Å²) in [4.78, 5) is 12.1. The number of ether oxygens (including phenoxy) is 2. The van der Waals surface area contributed by atoms with Gasteiger partial charge in [0.05, 0.1) is 12.8 Å². The maximum absolute atomic E-state index is 12.1. The number of nitrogens with zero attached hydrogens (tertiary/aromatic N) is 1. The lowest BCUT2D eigenvalue weighted by atomic mass is 10.2. The minimum absolute atomic E-state index is 0.311. The number of nitrogens with one attached hydrogen (secondary N) is 1. The largest absolute Gasteiger partial charge is 0.490 e. The van der Waals surface area contributed by atoms with E-state index in [9.17, 15) is 4.79 Å². The summed E-state index contributed by atoms with van der Waals surface area (Å²) in [7, 11) is 0. The van der Waals surface area contributed by atoms with Crippen molar-refractivity contribution in [2.45, 2.75) is 20.5 Å². The van der Waals surface area contributed by atoms with Crippen LogP contribution in [0.15, 0.2) is 71.8 Å². The number of benzene rings is 3. The minimum atomic E-state index is -0.311. The van der Waals surface area contributed by atoms with Gasteiger partial charge in [-0.3, -0.25) is 4.79 Å². The molecule has 0 aliphatic heterocycles. The number of hydrogen-bond donors (Lipinski definition) is 2. The van der Waals surface area contributed by atoms with Crippen molar-refractivity contribution in [1.29, 1.82) is 0 Å². The van der Waals surface area contributed by atoms with Crippen LogP contribution in [-0.2, 0) is 6.61 Å². The SMILES string of the molecule is CCOc1cc(/C=N\NC(=O)c2ccc(N)cc2)ccc1OCc1ccc(C)cc1. The molecular weight excluding hydrogens is 378 g/mol. The van der Waals surface area contributed by atoms with Gasteiger partial charge in [-0.15, -0.1) is 0 Å². The second kappa shape index (κ2) is 10.1. The van der Waals surface area contributed by atoms with Crippen LogP contribution in [-0.4, -0.2) is 18.7 Å². The third-order valence-corrected chi connectivity index (χ3v) is 4.34. The van der Waals surface area contributed by atoms with Gasteiger partial charge in [0.2, 0.25) is 0 Å². The maximum atomic E-state index is 12.1. The van der Waals surface area contributed by atoms with E-state index in [-0.39, 0.29) is 5.91 Å². The highest BCUT2D eigenvalue weighted by Gasteiger charge is 2.07. The molecule has 0 bridgehead atoms. The molecule has 3 N–H and O–H groups in total. The third-order valence-electron chi connectivity index (χ3n) is 4.34. The van der Waals surface area contributed by atoms with Crippen molar-refractivity contribution in [3.8, 4) is 11.5 Å². The molecule has 3 rings (SSSR count). The average Bonchev–Trinajstić information content (AvgIpc) is 2.75. The number of anilines is 1. The van der Waals surface area contributed by atoms with Crippen molar-refractivity contribution in [3.63, 3.8) is 0 Å². The Morgan fingerprint density at radius 1 is 1.00 bits per heavy atom. The first kappa shape index (κ1) is 20.9. The van der Waals surface area contributed by atoms with Crippen LogP contribution in [0.4, 0.5) is 5.69 Å². The summed E-state index contributed by atoms with van der Waals surface area (Å²) < 4.78 is 11.6. The Labute approximate surface area is 176 Å². The van der Waals surface area contributed by atoms with Gasteiger partial charge < -0.3 is 15.2 Å². The Balaban J connectivity index is 1.64. The first-order valence-corrected chi connectivity index (χ1v) is 9.69. The number of nitrogens with two attached hydrogens (primary N) is 1. The van der Waals surface area contributed by atoms with Gasteiger partial charge in [0.15, 0.2) is 11.5 Å². The zero-order valence-corrected chi connectivity index (χ0v) is 17.1. The van der Waals surface area contributed by atoms with Crippen LogP contribution in [0.5, 0.6) is 11.5 Å². The maximum Gasteiger partial charge on any atom is 0.271 e. The molecule has 0 atom stereocenters. The second-order valence-corrected chi connectivity index (χ2v) is 6.73. The molecule has 0 aliphatic rings. The summed E-state index contributed by atoms with van der Waals surface area (Å²) in [5.41, 5.74) is 12.3. The molecule has 30 heavy (non-hydrogen) atoms. The van der Waals surface area contributed by atoms with Gasteiger partial charge in [0.25, 0.3) is 5.91 Å². The van der Waals surface area contributed by atoms with E-state index in [1.54, 1.807) is 30.5 Å². The first-order valence-electron chi connectivity index (χ1n) is 9.69. The highest BCUT2D eigenvalue weighted by Crippen LogP contribution is 2.29. The van der Waals surface area contributed by atoms with Gasteiger partial charge in [-0.2, -0.15) is 5.10 Å². The lowest BCUT2D eigenvalue weighted by Crippen LogP contribution is -2.17. The van der Waals surface area contributed by atoms with E-state index in [1.165, 1.54) is 5.56 Å². The predicted molar refractivity (Wildman–Crippen MR) is 119 cm³/mol. The van der Waals surface area contributed by atoms with Gasteiger partial charge in [-0.1, -0.05) is 29.8 Å². The van der Waals surface area contributed by atoms with Gasteiger partial charge in [0, 0.05) is 11.3 Å². The predicted octanol–water partition coefficient (Wildman–Crippen LogP) is 4.32. The Hall–Kier alpha value is -3.80. The number of rotatable bonds is 8. The summed E-state index contributed by atoms with van der Waals surface area (Å²) in [6.07, 6.45) is 1.56. The Bertz CT molecular complexity index is 1010. The van der Waals surface area contributed by atoms with Gasteiger partial charge in [0.1, 0.15) is 6.61 Å². The van der Waals surface area contributed by atoms with E-state index in [0.717, 1.165) is 11.1 Å². The molecule has 0 aromatic heterocycles. The number of carbonyl (C=O) groups excluding carboxylic acids is 1. The molecule has 0 saturated carbocycles. The zero-order valence-electron chi connectivity index (χ0n) is 17.1. The van der Waals surface area contributed by atoms with Crippen molar-refractivity contribution < 1.29 is 14.3 Å². The molecule has 1 amide bonds. The van der Waals surface area contributed by atoms with Crippen molar-refractivity contribution in [1.82, 2.24) is 5.43 Å². The molecule has 0 saturated heterocycles. The van der Waals surface area contributed by atoms with Crippen LogP contribution in [0.2, 0.25) is 0 Å². The highest BCUT2D eigenvalue weighted by atomic mass is 16.5. The van der Waals surface area contributed by atoms with E-state index < -0.39 is 0 Å². The van der Waals surface area contributed by atoms with E-state index in [4.69, 9.17) is 15.2 Å². The molecule has 0 radical (unpaired) electrons. The van der Waals surface area contributed by atoms with Crippen LogP contribution < -0.4 is 20.6 Å². The lowest BCUT2D eigenvalue weighted by molar-refractivity contribution is 0.0955. The standard InChI is InChI=1S/C24H25N3O3/c1-3-29-23-14-19(15-26-27-24(28)20-9-11-21(25)12-10-20)8-13-22(23)30-16-18-6-4-17(2)5-7-18/h4-15H,3,16,25H2,1-2H3,(H,27,28)/b26-15-. The van der Waals surface area contributed by atoms with Crippen LogP contribution in [0, 0.1) is 6.92 Å². The molecule has 3 aromatic rings. The number of hydrazone groups is 1. The average molecular weight is 403 g/mol. The van der Waals surface area contributed by atoms with Crippen LogP contribution >= 0.6 is 0 Å². The summed E-state index contributed by atoms with van der Waals surface area (Å²) in [6, 6.07) is 20.3. The van der Waals surface area contributed by atoms with Crippen molar-refractivity contribution in [2.24, 2.45) is 5.10 Å². The Morgan fingerprint density at radius 3 is 2.43 bits per heavy atom. The molecule has 0 aliphatic carbocycles. The summed E-state index contributed by atoms with van der Waals surface area (Å²) in [5, 5.41) is 4.02. The highest BCUT2D eigenvalue weighted by molar-refractivity contribution is 5.95.